The van der Waals surface area contributed by atoms with Crippen molar-refractivity contribution >= 4 is 11.0 Å². The highest BCUT2D eigenvalue weighted by atomic mass is 16.5. The Balaban J connectivity index is 1.50. The van der Waals surface area contributed by atoms with Gasteiger partial charge in [-0.25, -0.2) is 9.97 Å². The van der Waals surface area contributed by atoms with E-state index in [4.69, 9.17) is 4.74 Å². The van der Waals surface area contributed by atoms with Crippen LogP contribution in [-0.2, 0) is 0 Å². The third-order valence-corrected chi connectivity index (χ3v) is 4.17. The highest BCUT2D eigenvalue weighted by molar-refractivity contribution is 5.73. The second-order valence-electron chi connectivity index (χ2n) is 6.23. The molecule has 0 saturated heterocycles. The van der Waals surface area contributed by atoms with E-state index in [1.807, 2.05) is 24.3 Å². The van der Waals surface area contributed by atoms with Crippen molar-refractivity contribution in [2.45, 2.75) is 71.1 Å². The molecule has 0 bridgehead atoms. The van der Waals surface area contributed by atoms with Crippen LogP contribution in [0.5, 0.6) is 5.88 Å². The zero-order valence-corrected chi connectivity index (χ0v) is 14.5. The van der Waals surface area contributed by atoms with E-state index >= 15 is 0 Å². The normalized spacial score (nSPS) is 11.0. The van der Waals surface area contributed by atoms with Gasteiger partial charge in [0.2, 0.25) is 5.88 Å². The predicted octanol–water partition coefficient (Wildman–Crippen LogP) is 5.93. The first kappa shape index (κ1) is 17.7. The lowest BCUT2D eigenvalue weighted by Gasteiger charge is -2.06. The average molecular weight is 314 g/mol. The monoisotopic (exact) mass is 314 g/mol. The van der Waals surface area contributed by atoms with E-state index in [1.54, 1.807) is 6.20 Å². The summed E-state index contributed by atoms with van der Waals surface area (Å²) in [5.74, 6) is 0.639. The summed E-state index contributed by atoms with van der Waals surface area (Å²) in [6.45, 7) is 3.01. The van der Waals surface area contributed by atoms with Crippen molar-refractivity contribution in [1.29, 1.82) is 0 Å². The van der Waals surface area contributed by atoms with Crippen LogP contribution >= 0.6 is 0 Å². The molecule has 23 heavy (non-hydrogen) atoms. The van der Waals surface area contributed by atoms with E-state index in [9.17, 15) is 0 Å². The number of hydrogen-bond donors (Lipinski definition) is 0. The maximum absolute atomic E-state index is 5.71. The molecule has 0 amide bonds. The van der Waals surface area contributed by atoms with Crippen molar-refractivity contribution in [3.05, 3.63) is 30.5 Å². The van der Waals surface area contributed by atoms with Gasteiger partial charge in [-0.3, -0.25) is 0 Å². The van der Waals surface area contributed by atoms with Gasteiger partial charge in [0.15, 0.2) is 0 Å². The van der Waals surface area contributed by atoms with Gasteiger partial charge in [0.1, 0.15) is 0 Å². The first-order valence-electron chi connectivity index (χ1n) is 9.24. The van der Waals surface area contributed by atoms with Crippen molar-refractivity contribution in [3.8, 4) is 5.88 Å². The van der Waals surface area contributed by atoms with Gasteiger partial charge in [-0.1, -0.05) is 76.8 Å². The Bertz CT molecular complexity index is 556. The molecule has 0 atom stereocenters. The van der Waals surface area contributed by atoms with Gasteiger partial charge in [0.25, 0.3) is 0 Å². The molecule has 2 aromatic rings. The van der Waals surface area contributed by atoms with Gasteiger partial charge in [-0.15, -0.1) is 0 Å². The summed E-state index contributed by atoms with van der Waals surface area (Å²) in [4.78, 5) is 8.84. The summed E-state index contributed by atoms with van der Waals surface area (Å²) >= 11 is 0. The van der Waals surface area contributed by atoms with E-state index in [0.717, 1.165) is 24.1 Å². The number of nitrogens with zero attached hydrogens (tertiary/aromatic N) is 2. The third-order valence-electron chi connectivity index (χ3n) is 4.17. The van der Waals surface area contributed by atoms with E-state index in [2.05, 4.69) is 16.9 Å². The molecule has 1 aromatic carbocycles. The number of benzene rings is 1. The van der Waals surface area contributed by atoms with Gasteiger partial charge in [-0.05, 0) is 18.6 Å². The lowest BCUT2D eigenvalue weighted by atomic mass is 10.1. The molecule has 3 heteroatoms. The molecule has 126 valence electrons. The van der Waals surface area contributed by atoms with Crippen LogP contribution in [0.25, 0.3) is 11.0 Å². The Morgan fingerprint density at radius 1 is 0.783 bits per heavy atom. The SMILES string of the molecule is CCCCCCCCCCCCOc1cnc2ccccc2n1. The van der Waals surface area contributed by atoms with Gasteiger partial charge < -0.3 is 4.74 Å². The second-order valence-corrected chi connectivity index (χ2v) is 6.23. The Hall–Kier alpha value is -1.64. The third kappa shape index (κ3) is 6.98. The number of rotatable bonds is 12. The summed E-state index contributed by atoms with van der Waals surface area (Å²) in [6.07, 6.45) is 15.1. The minimum absolute atomic E-state index is 0.639. The molecule has 0 saturated carbocycles. The fourth-order valence-electron chi connectivity index (χ4n) is 2.78. The Labute approximate surface area is 140 Å². The van der Waals surface area contributed by atoms with E-state index in [1.165, 1.54) is 57.8 Å². The van der Waals surface area contributed by atoms with Crippen molar-refractivity contribution in [1.82, 2.24) is 9.97 Å². The van der Waals surface area contributed by atoms with Crippen LogP contribution in [0.2, 0.25) is 0 Å². The molecule has 0 unspecified atom stereocenters. The standard InChI is InChI=1S/C20H30N2O/c1-2-3-4-5-6-7-8-9-10-13-16-23-20-17-21-18-14-11-12-15-19(18)22-20/h11-12,14-15,17H,2-10,13,16H2,1H3. The van der Waals surface area contributed by atoms with E-state index in [0.29, 0.717) is 5.88 Å². The highest BCUT2D eigenvalue weighted by Crippen LogP contribution is 2.14. The topological polar surface area (TPSA) is 35.0 Å². The van der Waals surface area contributed by atoms with Crippen molar-refractivity contribution in [3.63, 3.8) is 0 Å². The smallest absolute Gasteiger partial charge is 0.232 e. The van der Waals surface area contributed by atoms with Crippen LogP contribution in [-0.4, -0.2) is 16.6 Å². The number of unbranched alkanes of at least 4 members (excludes halogenated alkanes) is 9. The molecule has 0 spiro atoms. The summed E-state index contributed by atoms with van der Waals surface area (Å²) in [7, 11) is 0. The van der Waals surface area contributed by atoms with Crippen LogP contribution in [0.4, 0.5) is 0 Å². The minimum Gasteiger partial charge on any atom is -0.477 e. The number of ether oxygens (including phenoxy) is 1. The molecule has 0 aliphatic heterocycles. The first-order chi connectivity index (χ1) is 11.4. The molecule has 2 rings (SSSR count). The van der Waals surface area contributed by atoms with Gasteiger partial charge >= 0.3 is 0 Å². The van der Waals surface area contributed by atoms with Gasteiger partial charge in [-0.2, -0.15) is 0 Å². The second kappa shape index (κ2) is 11.0. The molecule has 0 aliphatic carbocycles. The summed E-state index contributed by atoms with van der Waals surface area (Å²) in [5.41, 5.74) is 1.81. The van der Waals surface area contributed by atoms with Crippen LogP contribution in [0.1, 0.15) is 71.1 Å². The lowest BCUT2D eigenvalue weighted by Crippen LogP contribution is -2.00. The van der Waals surface area contributed by atoms with E-state index in [-0.39, 0.29) is 0 Å². The summed E-state index contributed by atoms with van der Waals surface area (Å²) in [6, 6.07) is 7.88. The quantitative estimate of drug-likeness (QED) is 0.455. The zero-order valence-electron chi connectivity index (χ0n) is 14.5. The molecule has 0 N–H and O–H groups in total. The molecular formula is C20H30N2O. The van der Waals surface area contributed by atoms with Crippen molar-refractivity contribution in [2.75, 3.05) is 6.61 Å². The molecule has 0 radical (unpaired) electrons. The van der Waals surface area contributed by atoms with Gasteiger partial charge in [0.05, 0.1) is 23.8 Å². The van der Waals surface area contributed by atoms with Crippen LogP contribution in [0.15, 0.2) is 30.5 Å². The zero-order chi connectivity index (χ0) is 16.2. The number of aromatic nitrogens is 2. The first-order valence-corrected chi connectivity index (χ1v) is 9.24. The van der Waals surface area contributed by atoms with E-state index < -0.39 is 0 Å². The predicted molar refractivity (Wildman–Crippen MR) is 96.9 cm³/mol. The van der Waals surface area contributed by atoms with Crippen LogP contribution in [0, 0.1) is 0 Å². The minimum atomic E-state index is 0.639. The van der Waals surface area contributed by atoms with Gasteiger partial charge in [0, 0.05) is 0 Å². The Kier molecular flexibility index (Phi) is 8.46. The fraction of sp³-hybridized carbons (Fsp3) is 0.600. The Morgan fingerprint density at radius 2 is 1.39 bits per heavy atom. The number of hydrogen-bond acceptors (Lipinski definition) is 3. The van der Waals surface area contributed by atoms with Crippen molar-refractivity contribution in [2.24, 2.45) is 0 Å². The average Bonchev–Trinajstić information content (AvgIpc) is 2.59. The molecule has 1 heterocycles. The molecular weight excluding hydrogens is 284 g/mol. The number of para-hydroxylation sites is 2. The molecule has 3 nitrogen and oxygen atoms in total. The summed E-state index contributed by atoms with van der Waals surface area (Å²) < 4.78 is 5.71. The van der Waals surface area contributed by atoms with Crippen molar-refractivity contribution < 1.29 is 4.74 Å². The molecule has 0 fully saturated rings. The summed E-state index contributed by atoms with van der Waals surface area (Å²) in [5, 5.41) is 0. The number of fused-ring (bicyclic) bond motifs is 1. The molecule has 0 aliphatic rings. The Morgan fingerprint density at radius 3 is 2.09 bits per heavy atom. The van der Waals surface area contributed by atoms with Crippen LogP contribution in [0.3, 0.4) is 0 Å². The maximum Gasteiger partial charge on any atom is 0.232 e. The highest BCUT2D eigenvalue weighted by Gasteiger charge is 2.00. The lowest BCUT2D eigenvalue weighted by molar-refractivity contribution is 0.293. The molecule has 1 aromatic heterocycles. The maximum atomic E-state index is 5.71. The fourth-order valence-corrected chi connectivity index (χ4v) is 2.78. The largest absolute Gasteiger partial charge is 0.477 e. The van der Waals surface area contributed by atoms with Crippen LogP contribution < -0.4 is 4.74 Å².